The lowest BCUT2D eigenvalue weighted by Gasteiger charge is -2.28. The maximum absolute atomic E-state index is 13.0. The van der Waals surface area contributed by atoms with Gasteiger partial charge in [0.2, 0.25) is 15.0 Å². The molecule has 10 aromatic rings. The van der Waals surface area contributed by atoms with Crippen LogP contribution >= 0.6 is 70.1 Å². The minimum absolute atomic E-state index is 0.0711. The van der Waals surface area contributed by atoms with E-state index in [9.17, 15) is 62.3 Å². The summed E-state index contributed by atoms with van der Waals surface area (Å²) in [5.74, 6) is 0.140. The number of alkyl halides is 9. The summed E-state index contributed by atoms with van der Waals surface area (Å²) in [5.41, 5.74) is 2.52. The minimum Gasteiger partial charge on any atom is -0.379 e. The predicted octanol–water partition coefficient (Wildman–Crippen LogP) is 18.6. The molecule has 0 saturated carbocycles. The Labute approximate surface area is 773 Å². The maximum atomic E-state index is 13.0. The molecule has 0 spiro atoms. The summed E-state index contributed by atoms with van der Waals surface area (Å²) in [6, 6.07) is 34.9. The Morgan fingerprint density at radius 1 is 0.415 bits per heavy atom. The van der Waals surface area contributed by atoms with Crippen molar-refractivity contribution >= 4 is 138 Å². The highest BCUT2D eigenvalue weighted by Gasteiger charge is 2.50. The van der Waals surface area contributed by atoms with E-state index in [1.54, 1.807) is 67.6 Å². The first-order valence-corrected chi connectivity index (χ1v) is 46.8. The number of sulfone groups is 1. The van der Waals surface area contributed by atoms with Crippen LogP contribution in [0.4, 0.5) is 79.7 Å². The van der Waals surface area contributed by atoms with E-state index in [1.807, 2.05) is 77.3 Å². The number of carbonyl (C=O) groups excluding carboxylic acids is 3. The van der Waals surface area contributed by atoms with Crippen molar-refractivity contribution in [3.8, 4) is 22.5 Å². The molecule has 696 valence electrons. The Hall–Kier alpha value is -9.79. The first kappa shape index (κ1) is 102. The summed E-state index contributed by atoms with van der Waals surface area (Å²) in [7, 11) is -3.73. The number of thioether (sulfide) groups is 3. The Morgan fingerprint density at radius 2 is 0.746 bits per heavy atom. The molecule has 15 rings (SSSR count). The average molecular weight is 1950 g/mol. The number of ether oxygens (including phenoxy) is 4. The summed E-state index contributed by atoms with van der Waals surface area (Å²) in [5, 5.41) is 15.3. The number of anilines is 7. The van der Waals surface area contributed by atoms with Crippen molar-refractivity contribution in [2.75, 3.05) is 166 Å². The molecule has 6 aromatic carbocycles. The largest absolute Gasteiger partial charge is 0.416 e. The normalized spacial score (nSPS) is 15.6. The van der Waals surface area contributed by atoms with Gasteiger partial charge < -0.3 is 54.9 Å². The molecule has 43 heteroatoms. The van der Waals surface area contributed by atoms with Gasteiger partial charge in [-0.3, -0.25) is 14.4 Å². The van der Waals surface area contributed by atoms with Crippen molar-refractivity contribution in [2.24, 2.45) is 0 Å². The highest BCUT2D eigenvalue weighted by Crippen LogP contribution is 2.43. The molecule has 130 heavy (non-hydrogen) atoms. The summed E-state index contributed by atoms with van der Waals surface area (Å²) >= 11 is 21.4. The number of nitrogens with one attached hydrogen (secondary N) is 4. The number of hydrogen-bond acceptors (Lipinski definition) is 27. The van der Waals surface area contributed by atoms with Gasteiger partial charge in [-0.15, -0.1) is 5.23 Å². The zero-order valence-electron chi connectivity index (χ0n) is 72.3. The molecule has 0 aliphatic carbocycles. The second-order valence-corrected chi connectivity index (χ2v) is 35.5. The van der Waals surface area contributed by atoms with E-state index in [0.717, 1.165) is 142 Å². The van der Waals surface area contributed by atoms with Crippen molar-refractivity contribution in [2.45, 2.75) is 98.8 Å². The second kappa shape index (κ2) is 46.0. The Morgan fingerprint density at radius 3 is 1.10 bits per heavy atom. The molecule has 5 aliphatic heterocycles. The lowest BCUT2D eigenvalue weighted by molar-refractivity contribution is -0.138. The first-order chi connectivity index (χ1) is 61.5. The second-order valence-electron chi connectivity index (χ2n) is 30.1. The predicted molar refractivity (Wildman–Crippen MR) is 487 cm³/mol. The third kappa shape index (κ3) is 29.6. The van der Waals surface area contributed by atoms with Crippen LogP contribution in [0, 0.1) is 20.8 Å². The van der Waals surface area contributed by atoms with Gasteiger partial charge in [-0.05, 0) is 175 Å². The van der Waals surface area contributed by atoms with Crippen molar-refractivity contribution in [3.05, 3.63) is 217 Å². The summed E-state index contributed by atoms with van der Waals surface area (Å²) in [6.45, 7) is 25.0. The van der Waals surface area contributed by atoms with Crippen molar-refractivity contribution in [1.82, 2.24) is 45.2 Å². The summed E-state index contributed by atoms with van der Waals surface area (Å²) < 4.78 is 162. The van der Waals surface area contributed by atoms with Gasteiger partial charge in [-0.1, -0.05) is 106 Å². The molecule has 5 fully saturated rings. The van der Waals surface area contributed by atoms with Crippen molar-refractivity contribution in [1.29, 1.82) is 0 Å². The molecular formula is C87H94Cl3F9N16O11S4. The van der Waals surface area contributed by atoms with E-state index >= 15 is 0 Å². The molecule has 0 bridgehead atoms. The van der Waals surface area contributed by atoms with Crippen LogP contribution < -0.4 is 41.2 Å². The number of rotatable bonds is 16. The number of carbonyl (C=O) groups is 3. The molecule has 5 aliphatic rings. The average Bonchev–Trinajstić information content (AvgIpc) is 1.60. The molecule has 4 N–H and O–H groups in total. The van der Waals surface area contributed by atoms with Crippen LogP contribution in [0.3, 0.4) is 0 Å². The molecule has 0 unspecified atom stereocenters. The fourth-order valence-electron chi connectivity index (χ4n) is 12.4. The maximum Gasteiger partial charge on any atom is 0.416 e. The molecule has 0 atom stereocenters. The summed E-state index contributed by atoms with van der Waals surface area (Å²) in [4.78, 5) is 89.9. The number of amides is 3. The zero-order chi connectivity index (χ0) is 94.5. The van der Waals surface area contributed by atoms with E-state index < -0.39 is 74.0 Å². The number of halogens is 12. The molecular weight excluding hydrogens is 1850 g/mol. The molecule has 9 heterocycles. The lowest BCUT2D eigenvalue weighted by Crippen LogP contribution is -2.41. The summed E-state index contributed by atoms with van der Waals surface area (Å²) in [6.07, 6.45) is -6.88. The van der Waals surface area contributed by atoms with Crippen LogP contribution in [-0.2, 0) is 57.0 Å². The van der Waals surface area contributed by atoms with Gasteiger partial charge in [0.05, 0.1) is 86.6 Å². The van der Waals surface area contributed by atoms with Gasteiger partial charge in [0.1, 0.15) is 44.1 Å². The van der Waals surface area contributed by atoms with Gasteiger partial charge in [0.15, 0.2) is 15.5 Å². The number of hydrogen-bond donors (Lipinski definition) is 4. The molecule has 5 saturated heterocycles. The number of nitrogens with zero attached hydrogens (tertiary/aromatic N) is 12. The number of aryl methyl sites for hydroxylation is 3. The highest BCUT2D eigenvalue weighted by atomic mass is 35.5. The standard InChI is InChI=1S/C24H23F3N4O4S.C24H23F3N4O2S.C21H23F3N2O3.C9H12ClN3OS.C5H4Cl2N2S.C4H9NO/c1-15-6-7-18(28-22(32)16-4-3-5-17(12-16)24(25,26)27)13-19(15)20-14-21(31-8-10-35-11-9-31)30-23(29-20)36(2,33)34;1-15-6-7-18(28-22(32)16-4-3-5-17(12-16)24(25,26)27)13-19(15)20-14-21(30-23(29-20)34-2)31-8-10-33-11-9-31;1-13-9-10-16(12-17(13)26-28-19(2,3)20(4,5)29-26)25-18(27)14-7-6-8-15(11-14)21(22,23)24;1-15-9-11-7(10)6-8(12-9)13-2-4-14-5-3-13;1-10-5-8-3(6)2-4(7)9-5;1-3-6-4-2-5-1/h3-7,12-14H,8-11H2,1-2H3,(H,28,32);3-7,12-14H,8-11H2,1-2H3,(H,28,32);6-12H,1-5H3,(H,25,27);6H,2-5H2,1H3;2H,1H3;5H,1-4H2. The lowest BCUT2D eigenvalue weighted by atomic mass is 9.90. The van der Waals surface area contributed by atoms with E-state index in [-0.39, 0.29) is 21.8 Å². The smallest absolute Gasteiger partial charge is 0.379 e. The minimum atomic E-state index is -4.57. The van der Waals surface area contributed by atoms with Crippen LogP contribution in [-0.4, -0.2) is 207 Å². The van der Waals surface area contributed by atoms with Crippen molar-refractivity contribution in [3.63, 3.8) is 0 Å². The molecule has 3 amide bonds. The molecule has 27 nitrogen and oxygen atoms in total. The zero-order valence-corrected chi connectivity index (χ0v) is 77.8. The van der Waals surface area contributed by atoms with E-state index in [4.69, 9.17) is 63.4 Å². The van der Waals surface area contributed by atoms with Crippen LogP contribution in [0.15, 0.2) is 172 Å². The molecule has 0 radical (unpaired) electrons. The van der Waals surface area contributed by atoms with Crippen LogP contribution in [0.5, 0.6) is 0 Å². The molecule has 4 aromatic heterocycles. The Balaban J connectivity index is 0.000000174. The third-order valence-corrected chi connectivity index (χ3v) is 23.1. The number of morpholine rings is 4. The van der Waals surface area contributed by atoms with E-state index in [1.165, 1.54) is 83.0 Å². The SMILES string of the molecule is C1COCCN1.CSc1nc(-c2cc(NC(=O)c3cccc(C(F)(F)F)c3)ccc2C)cc(N2CCOCC2)n1.CSc1nc(Cl)cc(Cl)n1.CSc1nc(Cl)cc(N2CCOCC2)n1.Cc1ccc(NC(=O)c2cccc(C(F)(F)F)c2)cc1-c1cc(N2CCOCC2)nc(S(C)(=O)=O)n1.Cc1ccc(NC(=O)c2cccc(C(F)(F)F)c2)cc1N1OC(C)(C)C(C)(C)O1. The third-order valence-electron chi connectivity index (χ3n) is 20.1. The monoisotopic (exact) mass is 1940 g/mol. The van der Waals surface area contributed by atoms with Gasteiger partial charge in [0.25, 0.3) is 17.7 Å². The van der Waals surface area contributed by atoms with Crippen LogP contribution in [0.2, 0.25) is 15.5 Å². The topological polar surface area (TPSA) is 305 Å². The van der Waals surface area contributed by atoms with Crippen LogP contribution in [0.25, 0.3) is 22.5 Å². The van der Waals surface area contributed by atoms with Gasteiger partial charge in [-0.2, -0.15) is 39.5 Å². The van der Waals surface area contributed by atoms with E-state index in [0.29, 0.717) is 116 Å². The number of benzene rings is 6. The Kier molecular flexibility index (Phi) is 36.2. The van der Waals surface area contributed by atoms with E-state index in [2.05, 4.69) is 70.9 Å². The Bertz CT molecular complexity index is 5660. The van der Waals surface area contributed by atoms with Gasteiger partial charge in [0, 0.05) is 128 Å². The van der Waals surface area contributed by atoms with Crippen LogP contribution in [0.1, 0.15) is 92.1 Å². The quantitative estimate of drug-likeness (QED) is 0.0302. The fourth-order valence-corrected chi connectivity index (χ4v) is 14.8. The first-order valence-electron chi connectivity index (χ1n) is 40.1. The van der Waals surface area contributed by atoms with Gasteiger partial charge in [-0.25, -0.2) is 58.0 Å². The number of aromatic nitrogens is 8. The van der Waals surface area contributed by atoms with Crippen molar-refractivity contribution < 1.29 is 90.9 Å². The highest BCUT2D eigenvalue weighted by molar-refractivity contribution is 7.98. The van der Waals surface area contributed by atoms with Gasteiger partial charge >= 0.3 is 18.5 Å². The fraction of sp³-hybridized carbons (Fsp3) is 0.368.